The van der Waals surface area contributed by atoms with Gasteiger partial charge in [0.15, 0.2) is 0 Å². The average Bonchev–Trinajstić information content (AvgIpc) is 2.98. The van der Waals surface area contributed by atoms with E-state index in [0.29, 0.717) is 24.4 Å². The summed E-state index contributed by atoms with van der Waals surface area (Å²) < 4.78 is 17.0. The fourth-order valence-corrected chi connectivity index (χ4v) is 3.11. The number of hydrogen-bond donors (Lipinski definition) is 1. The number of methoxy groups -OCH3 is 1. The number of hydrogen-bond acceptors (Lipinski definition) is 4. The third-order valence-corrected chi connectivity index (χ3v) is 4.36. The second kappa shape index (κ2) is 8.20. The predicted octanol–water partition coefficient (Wildman–Crippen LogP) is 2.12. The number of ether oxygens (including phenoxy) is 3. The summed E-state index contributed by atoms with van der Waals surface area (Å²) in [5.74, 6) is 0. The molecular formula is C15H29NO3. The van der Waals surface area contributed by atoms with Gasteiger partial charge in [0.05, 0.1) is 24.9 Å². The van der Waals surface area contributed by atoms with Crippen LogP contribution in [0.15, 0.2) is 0 Å². The summed E-state index contributed by atoms with van der Waals surface area (Å²) in [6, 6.07) is 0.434. The Morgan fingerprint density at radius 1 is 1.21 bits per heavy atom. The van der Waals surface area contributed by atoms with Crippen molar-refractivity contribution in [3.8, 4) is 0 Å². The maximum atomic E-state index is 5.94. The zero-order valence-corrected chi connectivity index (χ0v) is 12.4. The third kappa shape index (κ3) is 5.03. The molecule has 4 heteroatoms. The topological polar surface area (TPSA) is 39.7 Å². The summed E-state index contributed by atoms with van der Waals surface area (Å²) >= 11 is 0. The molecule has 4 unspecified atom stereocenters. The molecule has 0 radical (unpaired) electrons. The van der Waals surface area contributed by atoms with Gasteiger partial charge in [0.1, 0.15) is 0 Å². The van der Waals surface area contributed by atoms with E-state index in [-0.39, 0.29) is 0 Å². The molecular weight excluding hydrogens is 242 g/mol. The van der Waals surface area contributed by atoms with Gasteiger partial charge in [-0.05, 0) is 45.4 Å². The molecule has 2 fully saturated rings. The molecule has 1 saturated carbocycles. The molecule has 1 N–H and O–H groups in total. The lowest BCUT2D eigenvalue weighted by Crippen LogP contribution is -2.39. The van der Waals surface area contributed by atoms with Crippen molar-refractivity contribution in [2.75, 3.05) is 26.9 Å². The smallest absolute Gasteiger partial charge is 0.0726 e. The molecule has 0 aromatic heterocycles. The molecule has 0 aromatic rings. The molecule has 1 aliphatic carbocycles. The van der Waals surface area contributed by atoms with Crippen molar-refractivity contribution >= 4 is 0 Å². The summed E-state index contributed by atoms with van der Waals surface area (Å²) in [5, 5.41) is 3.51. The Morgan fingerprint density at radius 3 is 2.79 bits per heavy atom. The van der Waals surface area contributed by atoms with E-state index < -0.39 is 0 Å². The quantitative estimate of drug-likeness (QED) is 0.720. The molecule has 112 valence electrons. The van der Waals surface area contributed by atoms with Gasteiger partial charge in [-0.3, -0.25) is 0 Å². The van der Waals surface area contributed by atoms with Crippen LogP contribution in [0.25, 0.3) is 0 Å². The summed E-state index contributed by atoms with van der Waals surface area (Å²) in [7, 11) is 1.80. The van der Waals surface area contributed by atoms with Crippen LogP contribution in [-0.2, 0) is 14.2 Å². The van der Waals surface area contributed by atoms with Crippen molar-refractivity contribution in [3.63, 3.8) is 0 Å². The van der Waals surface area contributed by atoms with Crippen LogP contribution in [0.3, 0.4) is 0 Å². The van der Waals surface area contributed by atoms with E-state index in [4.69, 9.17) is 14.2 Å². The molecule has 4 nitrogen and oxygen atoms in total. The zero-order chi connectivity index (χ0) is 13.5. The minimum absolute atomic E-state index is 0.388. The van der Waals surface area contributed by atoms with Crippen LogP contribution >= 0.6 is 0 Å². The van der Waals surface area contributed by atoms with Gasteiger partial charge in [-0.1, -0.05) is 0 Å². The number of rotatable bonds is 7. The monoisotopic (exact) mass is 271 g/mol. The van der Waals surface area contributed by atoms with Gasteiger partial charge in [0, 0.05) is 26.3 Å². The molecule has 0 spiro atoms. The van der Waals surface area contributed by atoms with Crippen molar-refractivity contribution < 1.29 is 14.2 Å². The van der Waals surface area contributed by atoms with Gasteiger partial charge in [0.25, 0.3) is 0 Å². The Hall–Kier alpha value is -0.160. The largest absolute Gasteiger partial charge is 0.381 e. The van der Waals surface area contributed by atoms with Gasteiger partial charge in [0.2, 0.25) is 0 Å². The Balaban J connectivity index is 1.53. The molecule has 1 saturated heterocycles. The van der Waals surface area contributed by atoms with Gasteiger partial charge in [-0.25, -0.2) is 0 Å². The molecule has 2 rings (SSSR count). The average molecular weight is 271 g/mol. The van der Waals surface area contributed by atoms with Crippen molar-refractivity contribution in [1.82, 2.24) is 5.32 Å². The Labute approximate surface area is 117 Å². The van der Waals surface area contributed by atoms with Crippen molar-refractivity contribution in [2.24, 2.45) is 0 Å². The second-order valence-electron chi connectivity index (χ2n) is 5.81. The first kappa shape index (κ1) is 15.2. The highest BCUT2D eigenvalue weighted by molar-refractivity contribution is 4.77. The second-order valence-corrected chi connectivity index (χ2v) is 5.81. The van der Waals surface area contributed by atoms with E-state index in [1.54, 1.807) is 7.11 Å². The summed E-state index contributed by atoms with van der Waals surface area (Å²) in [6.07, 6.45) is 8.22. The maximum Gasteiger partial charge on any atom is 0.0726 e. The lowest BCUT2D eigenvalue weighted by molar-refractivity contribution is -0.0294. The fraction of sp³-hybridized carbons (Fsp3) is 1.00. The molecule has 0 amide bonds. The fourth-order valence-electron chi connectivity index (χ4n) is 3.11. The standard InChI is InChI=1S/C15H29NO3/c1-12(15-7-4-9-19-15)16-8-10-18-14-6-3-5-13(11-14)17-2/h12-16H,3-11H2,1-2H3. The minimum atomic E-state index is 0.388. The van der Waals surface area contributed by atoms with Crippen molar-refractivity contribution in [1.29, 1.82) is 0 Å². The molecule has 4 atom stereocenters. The highest BCUT2D eigenvalue weighted by Gasteiger charge is 2.23. The lowest BCUT2D eigenvalue weighted by Gasteiger charge is -2.28. The normalized spacial score (nSPS) is 33.5. The van der Waals surface area contributed by atoms with Crippen LogP contribution < -0.4 is 5.32 Å². The Morgan fingerprint density at radius 2 is 2.05 bits per heavy atom. The highest BCUT2D eigenvalue weighted by Crippen LogP contribution is 2.22. The molecule has 0 bridgehead atoms. The van der Waals surface area contributed by atoms with Gasteiger partial charge < -0.3 is 19.5 Å². The predicted molar refractivity (Wildman–Crippen MR) is 75.4 cm³/mol. The van der Waals surface area contributed by atoms with E-state index >= 15 is 0 Å². The Kier molecular flexibility index (Phi) is 6.57. The Bertz CT molecular complexity index is 244. The van der Waals surface area contributed by atoms with Gasteiger partial charge in [-0.2, -0.15) is 0 Å². The highest BCUT2D eigenvalue weighted by atomic mass is 16.5. The first-order chi connectivity index (χ1) is 9.29. The van der Waals surface area contributed by atoms with Crippen LogP contribution in [0, 0.1) is 0 Å². The summed E-state index contributed by atoms with van der Waals surface area (Å²) in [6.45, 7) is 4.83. The van der Waals surface area contributed by atoms with E-state index in [1.807, 2.05) is 0 Å². The van der Waals surface area contributed by atoms with Crippen molar-refractivity contribution in [2.45, 2.75) is 69.8 Å². The first-order valence-electron chi connectivity index (χ1n) is 7.79. The lowest BCUT2D eigenvalue weighted by atomic mass is 9.95. The van der Waals surface area contributed by atoms with Crippen LogP contribution in [-0.4, -0.2) is 51.2 Å². The van der Waals surface area contributed by atoms with Crippen LogP contribution in [0.2, 0.25) is 0 Å². The SMILES string of the molecule is COC1CCCC(OCCNC(C)C2CCCO2)C1. The number of nitrogens with one attached hydrogen (secondary N) is 1. The van der Waals surface area contributed by atoms with E-state index in [0.717, 1.165) is 26.2 Å². The van der Waals surface area contributed by atoms with Crippen LogP contribution in [0.1, 0.15) is 45.4 Å². The molecule has 19 heavy (non-hydrogen) atoms. The van der Waals surface area contributed by atoms with Crippen LogP contribution in [0.5, 0.6) is 0 Å². The third-order valence-electron chi connectivity index (χ3n) is 4.36. The summed E-state index contributed by atoms with van der Waals surface area (Å²) in [5.41, 5.74) is 0. The maximum absolute atomic E-state index is 5.94. The van der Waals surface area contributed by atoms with Crippen molar-refractivity contribution in [3.05, 3.63) is 0 Å². The van der Waals surface area contributed by atoms with Crippen LogP contribution in [0.4, 0.5) is 0 Å². The molecule has 1 aliphatic heterocycles. The van der Waals surface area contributed by atoms with E-state index in [9.17, 15) is 0 Å². The summed E-state index contributed by atoms with van der Waals surface area (Å²) in [4.78, 5) is 0. The van der Waals surface area contributed by atoms with Gasteiger partial charge >= 0.3 is 0 Å². The minimum Gasteiger partial charge on any atom is -0.381 e. The zero-order valence-electron chi connectivity index (χ0n) is 12.4. The van der Waals surface area contributed by atoms with E-state index in [1.165, 1.54) is 32.1 Å². The van der Waals surface area contributed by atoms with Gasteiger partial charge in [-0.15, -0.1) is 0 Å². The molecule has 0 aromatic carbocycles. The van der Waals surface area contributed by atoms with E-state index in [2.05, 4.69) is 12.2 Å². The molecule has 2 aliphatic rings. The first-order valence-corrected chi connectivity index (χ1v) is 7.79. The molecule has 1 heterocycles.